The summed E-state index contributed by atoms with van der Waals surface area (Å²) in [5, 5.41) is 2.78. The molecule has 0 bridgehead atoms. The van der Waals surface area contributed by atoms with E-state index in [4.69, 9.17) is 5.73 Å². The van der Waals surface area contributed by atoms with Crippen LogP contribution in [0.4, 0.5) is 11.4 Å². The Morgan fingerprint density at radius 1 is 1.29 bits per heavy atom. The fourth-order valence-corrected chi connectivity index (χ4v) is 2.62. The molecule has 6 heteroatoms. The number of nitrogens with two attached hydrogens (primary N) is 1. The van der Waals surface area contributed by atoms with Gasteiger partial charge in [0.15, 0.2) is 0 Å². The van der Waals surface area contributed by atoms with Gasteiger partial charge >= 0.3 is 0 Å². The van der Waals surface area contributed by atoms with Gasteiger partial charge in [-0.2, -0.15) is 0 Å². The smallest absolute Gasteiger partial charge is 0.253 e. The van der Waals surface area contributed by atoms with Crippen LogP contribution in [0.5, 0.6) is 0 Å². The lowest BCUT2D eigenvalue weighted by atomic mass is 10.2. The molecule has 0 atom stereocenters. The average Bonchev–Trinajstić information content (AvgIpc) is 2.38. The number of aromatic nitrogens is 1. The molecule has 1 amide bonds. The van der Waals surface area contributed by atoms with Crippen LogP contribution in [0.2, 0.25) is 0 Å². The molecule has 2 aromatic rings. The summed E-state index contributed by atoms with van der Waals surface area (Å²) in [5.41, 5.74) is 8.29. The van der Waals surface area contributed by atoms with Gasteiger partial charge in [0.2, 0.25) is 5.91 Å². The van der Waals surface area contributed by atoms with Gasteiger partial charge in [0.05, 0.1) is 0 Å². The summed E-state index contributed by atoms with van der Waals surface area (Å²) < 4.78 is 2.14. The fraction of sp³-hybridized carbons (Fsp3) is 0.200. The lowest BCUT2D eigenvalue weighted by molar-refractivity contribution is -0.116. The zero-order valence-electron chi connectivity index (χ0n) is 11.8. The van der Waals surface area contributed by atoms with Crippen molar-refractivity contribution in [2.75, 3.05) is 11.1 Å². The number of nitrogens with one attached hydrogen (secondary N) is 1. The van der Waals surface area contributed by atoms with Gasteiger partial charge in [-0.1, -0.05) is 0 Å². The predicted molar refractivity (Wildman–Crippen MR) is 87.4 cm³/mol. The Morgan fingerprint density at radius 2 is 2.00 bits per heavy atom. The Kier molecular flexibility index (Phi) is 4.47. The predicted octanol–water partition coefficient (Wildman–Crippen LogP) is 2.45. The molecule has 0 saturated heterocycles. The Morgan fingerprint density at radius 3 is 2.67 bits per heavy atom. The SMILES string of the molecule is Cc1cc(N)ccc1NC(=O)Cn1cc(Br)cc(C)c1=O. The second-order valence-corrected chi connectivity index (χ2v) is 5.81. The van der Waals surface area contributed by atoms with E-state index in [1.165, 1.54) is 4.57 Å². The van der Waals surface area contributed by atoms with E-state index in [2.05, 4.69) is 21.2 Å². The van der Waals surface area contributed by atoms with Crippen LogP contribution in [0.1, 0.15) is 11.1 Å². The number of halogens is 1. The maximum atomic E-state index is 12.1. The van der Waals surface area contributed by atoms with Crippen molar-refractivity contribution < 1.29 is 4.79 Å². The van der Waals surface area contributed by atoms with E-state index in [0.29, 0.717) is 16.9 Å². The molecular weight excluding hydrogens is 334 g/mol. The van der Waals surface area contributed by atoms with Gasteiger partial charge in [0.1, 0.15) is 6.54 Å². The summed E-state index contributed by atoms with van der Waals surface area (Å²) in [6.45, 7) is 3.54. The second kappa shape index (κ2) is 6.13. The molecule has 0 spiro atoms. The molecule has 2 rings (SSSR count). The molecule has 5 nitrogen and oxygen atoms in total. The lowest BCUT2D eigenvalue weighted by Gasteiger charge is -2.11. The van der Waals surface area contributed by atoms with Gasteiger partial charge in [0.25, 0.3) is 5.56 Å². The van der Waals surface area contributed by atoms with E-state index >= 15 is 0 Å². The molecule has 110 valence electrons. The highest BCUT2D eigenvalue weighted by Gasteiger charge is 2.09. The first-order valence-electron chi connectivity index (χ1n) is 6.39. The average molecular weight is 350 g/mol. The third kappa shape index (κ3) is 3.72. The molecule has 0 unspecified atom stereocenters. The Hall–Kier alpha value is -2.08. The third-order valence-corrected chi connectivity index (χ3v) is 3.50. The highest BCUT2D eigenvalue weighted by atomic mass is 79.9. The minimum Gasteiger partial charge on any atom is -0.399 e. The van der Waals surface area contributed by atoms with Crippen LogP contribution >= 0.6 is 15.9 Å². The second-order valence-electron chi connectivity index (χ2n) is 4.90. The largest absolute Gasteiger partial charge is 0.399 e. The van der Waals surface area contributed by atoms with E-state index in [0.717, 1.165) is 10.0 Å². The van der Waals surface area contributed by atoms with E-state index in [9.17, 15) is 9.59 Å². The number of amides is 1. The van der Waals surface area contributed by atoms with Crippen molar-refractivity contribution in [3.05, 3.63) is 56.4 Å². The van der Waals surface area contributed by atoms with E-state index in [1.807, 2.05) is 6.92 Å². The zero-order valence-corrected chi connectivity index (χ0v) is 13.4. The number of rotatable bonds is 3. The van der Waals surface area contributed by atoms with Gasteiger partial charge < -0.3 is 15.6 Å². The van der Waals surface area contributed by atoms with Crippen LogP contribution in [0.25, 0.3) is 0 Å². The molecule has 0 aliphatic rings. The molecule has 0 aliphatic carbocycles. The van der Waals surface area contributed by atoms with Gasteiger partial charge in [0, 0.05) is 27.6 Å². The maximum absolute atomic E-state index is 12.1. The van der Waals surface area contributed by atoms with E-state index < -0.39 is 0 Å². The standard InChI is InChI=1S/C15H16BrN3O2/c1-9-6-12(17)3-4-13(9)18-14(20)8-19-7-11(16)5-10(2)15(19)21/h3-7H,8,17H2,1-2H3,(H,18,20). The molecule has 1 aromatic heterocycles. The fourth-order valence-electron chi connectivity index (χ4n) is 2.03. The first kappa shape index (κ1) is 15.3. The van der Waals surface area contributed by atoms with Crippen molar-refractivity contribution in [2.45, 2.75) is 20.4 Å². The number of carbonyl (C=O) groups is 1. The first-order chi connectivity index (χ1) is 9.86. The molecule has 0 aliphatic heterocycles. The summed E-state index contributed by atoms with van der Waals surface area (Å²) in [6.07, 6.45) is 1.60. The van der Waals surface area contributed by atoms with Gasteiger partial charge in [-0.3, -0.25) is 9.59 Å². The zero-order chi connectivity index (χ0) is 15.6. The van der Waals surface area contributed by atoms with E-state index in [1.54, 1.807) is 37.4 Å². The topological polar surface area (TPSA) is 77.1 Å². The summed E-state index contributed by atoms with van der Waals surface area (Å²) in [7, 11) is 0. The van der Waals surface area contributed by atoms with Crippen LogP contribution in [-0.2, 0) is 11.3 Å². The number of nitrogen functional groups attached to an aromatic ring is 1. The molecule has 3 N–H and O–H groups in total. The van der Waals surface area contributed by atoms with Gasteiger partial charge in [-0.15, -0.1) is 0 Å². The number of hydrogen-bond donors (Lipinski definition) is 2. The summed E-state index contributed by atoms with van der Waals surface area (Å²) in [6, 6.07) is 6.97. The Balaban J connectivity index is 2.17. The van der Waals surface area contributed by atoms with Crippen LogP contribution in [0.3, 0.4) is 0 Å². The van der Waals surface area contributed by atoms with Crippen LogP contribution in [-0.4, -0.2) is 10.5 Å². The Labute approximate surface area is 130 Å². The molecular formula is C15H16BrN3O2. The summed E-state index contributed by atoms with van der Waals surface area (Å²) in [5.74, 6) is -0.262. The van der Waals surface area contributed by atoms with Crippen molar-refractivity contribution in [1.29, 1.82) is 0 Å². The van der Waals surface area contributed by atoms with Crippen molar-refractivity contribution >= 4 is 33.2 Å². The molecule has 21 heavy (non-hydrogen) atoms. The first-order valence-corrected chi connectivity index (χ1v) is 7.18. The molecule has 0 saturated carbocycles. The van der Waals surface area contributed by atoms with Crippen LogP contribution in [0.15, 0.2) is 39.7 Å². The van der Waals surface area contributed by atoms with Crippen molar-refractivity contribution in [1.82, 2.24) is 4.57 Å². The summed E-state index contributed by atoms with van der Waals surface area (Å²) in [4.78, 5) is 24.0. The Bertz CT molecular complexity index is 753. The van der Waals surface area contributed by atoms with Gasteiger partial charge in [-0.25, -0.2) is 0 Å². The monoisotopic (exact) mass is 349 g/mol. The minimum atomic E-state index is -0.262. The van der Waals surface area contributed by atoms with Crippen molar-refractivity contribution in [3.63, 3.8) is 0 Å². The molecule has 0 fully saturated rings. The number of aryl methyl sites for hydroxylation is 2. The lowest BCUT2D eigenvalue weighted by Crippen LogP contribution is -2.28. The number of benzene rings is 1. The number of anilines is 2. The number of nitrogens with zero attached hydrogens (tertiary/aromatic N) is 1. The van der Waals surface area contributed by atoms with Gasteiger partial charge in [-0.05, 0) is 59.6 Å². The minimum absolute atomic E-state index is 0.0388. The van der Waals surface area contributed by atoms with Crippen LogP contribution < -0.4 is 16.6 Å². The highest BCUT2D eigenvalue weighted by Crippen LogP contribution is 2.17. The normalized spacial score (nSPS) is 10.4. The highest BCUT2D eigenvalue weighted by molar-refractivity contribution is 9.10. The number of pyridine rings is 1. The number of hydrogen-bond acceptors (Lipinski definition) is 3. The third-order valence-electron chi connectivity index (χ3n) is 3.07. The summed E-state index contributed by atoms with van der Waals surface area (Å²) >= 11 is 3.32. The van der Waals surface area contributed by atoms with Crippen molar-refractivity contribution in [2.24, 2.45) is 0 Å². The molecule has 0 radical (unpaired) electrons. The quantitative estimate of drug-likeness (QED) is 0.835. The molecule has 1 aromatic carbocycles. The number of carbonyl (C=O) groups excluding carboxylic acids is 1. The van der Waals surface area contributed by atoms with Crippen LogP contribution in [0, 0.1) is 13.8 Å². The van der Waals surface area contributed by atoms with E-state index in [-0.39, 0.29) is 18.0 Å². The van der Waals surface area contributed by atoms with Crippen molar-refractivity contribution in [3.8, 4) is 0 Å². The molecule has 1 heterocycles. The maximum Gasteiger partial charge on any atom is 0.253 e.